The Hall–Kier alpha value is -1.56. The minimum atomic E-state index is -0.592. The standard InChI is InChI=1S/C12H14BrNO4/c1-7-3-4-8(5-10(7)15)11(16)14-6-9(13)12(17)18-2/h3-5,9,15H,6H2,1-2H3,(H,14,16). The fourth-order valence-electron chi connectivity index (χ4n) is 1.25. The van der Waals surface area contributed by atoms with Gasteiger partial charge in [-0.2, -0.15) is 0 Å². The van der Waals surface area contributed by atoms with E-state index in [9.17, 15) is 14.7 Å². The van der Waals surface area contributed by atoms with Crippen LogP contribution in [-0.2, 0) is 9.53 Å². The number of carbonyl (C=O) groups excluding carboxylic acids is 2. The molecular formula is C12H14BrNO4. The molecule has 0 aliphatic carbocycles. The Bertz CT molecular complexity index is 461. The number of methoxy groups -OCH3 is 1. The van der Waals surface area contributed by atoms with Gasteiger partial charge in [0.15, 0.2) is 0 Å². The van der Waals surface area contributed by atoms with Gasteiger partial charge in [-0.15, -0.1) is 0 Å². The predicted octanol–water partition coefficient (Wildman–Crippen LogP) is 1.37. The Labute approximate surface area is 113 Å². The second-order valence-electron chi connectivity index (χ2n) is 3.70. The zero-order valence-electron chi connectivity index (χ0n) is 10.1. The number of halogens is 1. The van der Waals surface area contributed by atoms with E-state index in [0.29, 0.717) is 11.1 Å². The van der Waals surface area contributed by atoms with Crippen LogP contribution in [0.3, 0.4) is 0 Å². The highest BCUT2D eigenvalue weighted by atomic mass is 79.9. The molecule has 98 valence electrons. The summed E-state index contributed by atoms with van der Waals surface area (Å²) < 4.78 is 4.51. The van der Waals surface area contributed by atoms with Gasteiger partial charge in [-0.25, -0.2) is 0 Å². The Morgan fingerprint density at radius 2 is 2.17 bits per heavy atom. The molecule has 0 spiro atoms. The average Bonchev–Trinajstić information content (AvgIpc) is 2.37. The third kappa shape index (κ3) is 3.73. The maximum absolute atomic E-state index is 11.7. The molecule has 1 rings (SSSR count). The number of nitrogens with one attached hydrogen (secondary N) is 1. The lowest BCUT2D eigenvalue weighted by Gasteiger charge is -2.09. The number of hydrogen-bond donors (Lipinski definition) is 2. The number of carbonyl (C=O) groups is 2. The van der Waals surface area contributed by atoms with Crippen LogP contribution in [0.2, 0.25) is 0 Å². The zero-order chi connectivity index (χ0) is 13.7. The highest BCUT2D eigenvalue weighted by molar-refractivity contribution is 9.10. The van der Waals surface area contributed by atoms with Crippen molar-refractivity contribution in [3.63, 3.8) is 0 Å². The van der Waals surface area contributed by atoms with Crippen molar-refractivity contribution >= 4 is 27.8 Å². The molecule has 0 bridgehead atoms. The summed E-state index contributed by atoms with van der Waals surface area (Å²) in [4.78, 5) is 22.2. The Morgan fingerprint density at radius 1 is 1.50 bits per heavy atom. The topological polar surface area (TPSA) is 75.6 Å². The molecule has 0 aliphatic heterocycles. The third-order valence-corrected chi connectivity index (χ3v) is 3.07. The fourth-order valence-corrected chi connectivity index (χ4v) is 1.59. The number of benzene rings is 1. The third-order valence-electron chi connectivity index (χ3n) is 2.37. The highest BCUT2D eigenvalue weighted by Crippen LogP contribution is 2.17. The van der Waals surface area contributed by atoms with Crippen LogP contribution in [0.5, 0.6) is 5.75 Å². The molecular weight excluding hydrogens is 302 g/mol. The van der Waals surface area contributed by atoms with Crippen molar-refractivity contribution < 1.29 is 19.4 Å². The van der Waals surface area contributed by atoms with E-state index in [-0.39, 0.29) is 18.2 Å². The molecule has 0 heterocycles. The number of aryl methyl sites for hydroxylation is 1. The largest absolute Gasteiger partial charge is 0.508 e. The van der Waals surface area contributed by atoms with E-state index in [2.05, 4.69) is 26.0 Å². The molecule has 0 saturated carbocycles. The molecule has 1 aromatic carbocycles. The number of alkyl halides is 1. The van der Waals surface area contributed by atoms with Gasteiger partial charge in [0.1, 0.15) is 10.6 Å². The molecule has 0 radical (unpaired) electrons. The van der Waals surface area contributed by atoms with Crippen LogP contribution in [0.25, 0.3) is 0 Å². The molecule has 0 aromatic heterocycles. The van der Waals surface area contributed by atoms with Crippen molar-refractivity contribution in [3.8, 4) is 5.75 Å². The lowest BCUT2D eigenvalue weighted by molar-refractivity contribution is -0.139. The van der Waals surface area contributed by atoms with E-state index in [1.54, 1.807) is 19.1 Å². The number of phenolic OH excluding ortho intramolecular Hbond substituents is 1. The molecule has 0 fully saturated rings. The van der Waals surface area contributed by atoms with Crippen molar-refractivity contribution in [2.75, 3.05) is 13.7 Å². The molecule has 0 saturated heterocycles. The summed E-state index contributed by atoms with van der Waals surface area (Å²) in [5, 5.41) is 12.1. The van der Waals surface area contributed by atoms with Crippen molar-refractivity contribution in [2.45, 2.75) is 11.8 Å². The van der Waals surface area contributed by atoms with Crippen molar-refractivity contribution in [2.24, 2.45) is 0 Å². The number of amides is 1. The first-order valence-electron chi connectivity index (χ1n) is 5.25. The molecule has 1 amide bonds. The van der Waals surface area contributed by atoms with E-state index < -0.39 is 10.8 Å². The van der Waals surface area contributed by atoms with Crippen LogP contribution in [0.4, 0.5) is 0 Å². The summed E-state index contributed by atoms with van der Waals surface area (Å²) in [5.74, 6) is -0.758. The Kier molecular flexibility index (Phi) is 5.15. The summed E-state index contributed by atoms with van der Waals surface area (Å²) in [7, 11) is 1.27. The molecule has 2 N–H and O–H groups in total. The maximum Gasteiger partial charge on any atom is 0.321 e. The predicted molar refractivity (Wildman–Crippen MR) is 69.9 cm³/mol. The molecule has 6 heteroatoms. The van der Waals surface area contributed by atoms with Crippen LogP contribution in [0.15, 0.2) is 18.2 Å². The molecule has 1 unspecified atom stereocenters. The van der Waals surface area contributed by atoms with Gasteiger partial charge in [0, 0.05) is 12.1 Å². The van der Waals surface area contributed by atoms with E-state index in [0.717, 1.165) is 0 Å². The maximum atomic E-state index is 11.7. The quantitative estimate of drug-likeness (QED) is 0.650. The number of ether oxygens (including phenoxy) is 1. The van der Waals surface area contributed by atoms with Gasteiger partial charge in [-0.3, -0.25) is 9.59 Å². The second-order valence-corrected chi connectivity index (χ2v) is 4.81. The minimum Gasteiger partial charge on any atom is -0.508 e. The lowest BCUT2D eigenvalue weighted by Crippen LogP contribution is -2.33. The number of hydrogen-bond acceptors (Lipinski definition) is 4. The van der Waals surface area contributed by atoms with Crippen molar-refractivity contribution in [3.05, 3.63) is 29.3 Å². The Morgan fingerprint density at radius 3 is 2.72 bits per heavy atom. The van der Waals surface area contributed by atoms with Crippen LogP contribution >= 0.6 is 15.9 Å². The summed E-state index contributed by atoms with van der Waals surface area (Å²) >= 11 is 3.09. The Balaban J connectivity index is 2.60. The van der Waals surface area contributed by atoms with Gasteiger partial charge in [0.05, 0.1) is 7.11 Å². The average molecular weight is 316 g/mol. The van der Waals surface area contributed by atoms with Gasteiger partial charge >= 0.3 is 5.97 Å². The van der Waals surface area contributed by atoms with Gasteiger partial charge in [-0.05, 0) is 24.6 Å². The molecule has 18 heavy (non-hydrogen) atoms. The van der Waals surface area contributed by atoms with E-state index in [1.807, 2.05) is 0 Å². The summed E-state index contributed by atoms with van der Waals surface area (Å²) in [5.41, 5.74) is 1.03. The SMILES string of the molecule is COC(=O)C(Br)CNC(=O)c1ccc(C)c(O)c1. The van der Waals surface area contributed by atoms with Crippen LogP contribution in [0, 0.1) is 6.92 Å². The zero-order valence-corrected chi connectivity index (χ0v) is 11.7. The van der Waals surface area contributed by atoms with Crippen LogP contribution in [-0.4, -0.2) is 35.5 Å². The normalized spacial score (nSPS) is 11.7. The van der Waals surface area contributed by atoms with E-state index in [1.165, 1.54) is 13.2 Å². The first kappa shape index (κ1) is 14.5. The molecule has 1 atom stereocenters. The highest BCUT2D eigenvalue weighted by Gasteiger charge is 2.16. The number of esters is 1. The first-order chi connectivity index (χ1) is 8.45. The smallest absolute Gasteiger partial charge is 0.321 e. The summed E-state index contributed by atoms with van der Waals surface area (Å²) in [6, 6.07) is 4.63. The van der Waals surface area contributed by atoms with Crippen LogP contribution in [0.1, 0.15) is 15.9 Å². The number of phenols is 1. The second kappa shape index (κ2) is 6.39. The minimum absolute atomic E-state index is 0.0611. The van der Waals surface area contributed by atoms with Crippen LogP contribution < -0.4 is 5.32 Å². The van der Waals surface area contributed by atoms with Gasteiger partial charge in [0.2, 0.25) is 0 Å². The number of aromatic hydroxyl groups is 1. The molecule has 1 aromatic rings. The number of rotatable bonds is 4. The van der Waals surface area contributed by atoms with E-state index >= 15 is 0 Å². The molecule has 5 nitrogen and oxygen atoms in total. The van der Waals surface area contributed by atoms with E-state index in [4.69, 9.17) is 0 Å². The monoisotopic (exact) mass is 315 g/mol. The lowest BCUT2D eigenvalue weighted by atomic mass is 10.1. The van der Waals surface area contributed by atoms with Crippen molar-refractivity contribution in [1.82, 2.24) is 5.32 Å². The summed E-state index contributed by atoms with van der Waals surface area (Å²) in [6.45, 7) is 1.85. The fraction of sp³-hybridized carbons (Fsp3) is 0.333. The molecule has 0 aliphatic rings. The van der Waals surface area contributed by atoms with Gasteiger partial charge < -0.3 is 15.2 Å². The van der Waals surface area contributed by atoms with Gasteiger partial charge in [-0.1, -0.05) is 22.0 Å². The van der Waals surface area contributed by atoms with Gasteiger partial charge in [0.25, 0.3) is 5.91 Å². The summed E-state index contributed by atoms with van der Waals surface area (Å²) in [6.07, 6.45) is 0. The van der Waals surface area contributed by atoms with Crippen molar-refractivity contribution in [1.29, 1.82) is 0 Å². The first-order valence-corrected chi connectivity index (χ1v) is 6.17.